The van der Waals surface area contributed by atoms with E-state index in [4.69, 9.17) is 5.73 Å². The molecular formula is C20H19N3O. The average molecular weight is 317 g/mol. The van der Waals surface area contributed by atoms with Gasteiger partial charge in [0.1, 0.15) is 6.04 Å². The monoisotopic (exact) mass is 317 g/mol. The largest absolute Gasteiger partial charge is 0.319 e. The second-order valence-electron chi connectivity index (χ2n) is 5.82. The second kappa shape index (κ2) is 7.12. The van der Waals surface area contributed by atoms with Crippen LogP contribution in [0, 0.1) is 11.3 Å². The number of carbonyl (C=O) groups is 1. The Morgan fingerprint density at radius 1 is 1.08 bits per heavy atom. The number of nitrogens with two attached hydrogens (primary N) is 1. The SMILES string of the molecule is N#C[C@@H]1C=CCN1C(=O)[C@@H](N)C(c1ccccc1)c1ccccc1. The zero-order chi connectivity index (χ0) is 16.9. The van der Waals surface area contributed by atoms with Crippen LogP contribution >= 0.6 is 0 Å². The molecule has 1 aliphatic heterocycles. The molecule has 0 radical (unpaired) electrons. The molecule has 24 heavy (non-hydrogen) atoms. The van der Waals surface area contributed by atoms with Gasteiger partial charge in [0.05, 0.1) is 12.1 Å². The third kappa shape index (κ3) is 3.08. The van der Waals surface area contributed by atoms with Gasteiger partial charge >= 0.3 is 0 Å². The predicted molar refractivity (Wildman–Crippen MR) is 93.0 cm³/mol. The fourth-order valence-corrected chi connectivity index (χ4v) is 3.12. The second-order valence-corrected chi connectivity index (χ2v) is 5.82. The Morgan fingerprint density at radius 3 is 2.12 bits per heavy atom. The van der Waals surface area contributed by atoms with E-state index in [0.29, 0.717) is 6.54 Å². The number of amides is 1. The minimum atomic E-state index is -0.745. The molecule has 0 saturated carbocycles. The Bertz CT molecular complexity index is 725. The molecule has 4 heteroatoms. The normalized spacial score (nSPS) is 17.7. The molecule has 0 fully saturated rings. The molecule has 3 rings (SSSR count). The van der Waals surface area contributed by atoms with Gasteiger partial charge in [0, 0.05) is 12.5 Å². The lowest BCUT2D eigenvalue weighted by Crippen LogP contribution is -2.49. The number of nitrogens with zero attached hydrogens (tertiary/aromatic N) is 2. The molecule has 2 aromatic rings. The van der Waals surface area contributed by atoms with Crippen molar-refractivity contribution in [2.45, 2.75) is 18.0 Å². The molecule has 120 valence electrons. The van der Waals surface area contributed by atoms with Gasteiger partial charge in [-0.05, 0) is 17.2 Å². The Morgan fingerprint density at radius 2 is 1.62 bits per heavy atom. The van der Waals surface area contributed by atoms with Crippen molar-refractivity contribution >= 4 is 5.91 Å². The number of hydrogen-bond acceptors (Lipinski definition) is 3. The van der Waals surface area contributed by atoms with Gasteiger partial charge in [0.15, 0.2) is 0 Å². The summed E-state index contributed by atoms with van der Waals surface area (Å²) in [5.41, 5.74) is 8.38. The topological polar surface area (TPSA) is 70.1 Å². The number of rotatable bonds is 4. The smallest absolute Gasteiger partial charge is 0.242 e. The fraction of sp³-hybridized carbons (Fsp3) is 0.200. The van der Waals surface area contributed by atoms with E-state index in [1.54, 1.807) is 6.08 Å². The standard InChI is InChI=1S/C20H19N3O/c21-14-17-12-7-13-23(17)20(24)19(22)18(15-8-3-1-4-9-15)16-10-5-2-6-11-16/h1-12,17-19H,13,22H2/t17-,19-/m0/s1. The molecular weight excluding hydrogens is 298 g/mol. The van der Waals surface area contributed by atoms with E-state index in [0.717, 1.165) is 11.1 Å². The summed E-state index contributed by atoms with van der Waals surface area (Å²) in [6, 6.07) is 20.4. The van der Waals surface area contributed by atoms with Crippen LogP contribution in [-0.4, -0.2) is 29.4 Å². The molecule has 2 N–H and O–H groups in total. The number of carbonyl (C=O) groups excluding carboxylic acids is 1. The molecule has 0 saturated heterocycles. The summed E-state index contributed by atoms with van der Waals surface area (Å²) in [7, 11) is 0. The summed E-state index contributed by atoms with van der Waals surface area (Å²) >= 11 is 0. The summed E-state index contributed by atoms with van der Waals surface area (Å²) in [5, 5.41) is 9.20. The summed E-state index contributed by atoms with van der Waals surface area (Å²) < 4.78 is 0. The van der Waals surface area contributed by atoms with Gasteiger partial charge in [-0.25, -0.2) is 0 Å². The molecule has 4 nitrogen and oxygen atoms in total. The summed E-state index contributed by atoms with van der Waals surface area (Å²) in [6.45, 7) is 0.432. The molecule has 1 heterocycles. The first-order chi connectivity index (χ1) is 11.7. The van der Waals surface area contributed by atoms with Gasteiger partial charge in [-0.1, -0.05) is 66.7 Å². The van der Waals surface area contributed by atoms with Gasteiger partial charge in [-0.2, -0.15) is 5.26 Å². The highest BCUT2D eigenvalue weighted by Crippen LogP contribution is 2.28. The molecule has 0 unspecified atom stereocenters. The highest BCUT2D eigenvalue weighted by atomic mass is 16.2. The van der Waals surface area contributed by atoms with Gasteiger partial charge in [0.25, 0.3) is 0 Å². The molecule has 1 amide bonds. The van der Waals surface area contributed by atoms with Crippen LogP contribution in [0.2, 0.25) is 0 Å². The average Bonchev–Trinajstić information content (AvgIpc) is 3.12. The van der Waals surface area contributed by atoms with Crippen molar-refractivity contribution in [1.29, 1.82) is 5.26 Å². The van der Waals surface area contributed by atoms with Crippen LogP contribution < -0.4 is 5.73 Å². The molecule has 0 aromatic heterocycles. The van der Waals surface area contributed by atoms with Crippen LogP contribution in [-0.2, 0) is 4.79 Å². The van der Waals surface area contributed by atoms with Crippen LogP contribution in [0.1, 0.15) is 17.0 Å². The van der Waals surface area contributed by atoms with Crippen molar-refractivity contribution in [2.75, 3.05) is 6.54 Å². The third-order valence-corrected chi connectivity index (χ3v) is 4.33. The van der Waals surface area contributed by atoms with Crippen molar-refractivity contribution in [3.63, 3.8) is 0 Å². The minimum absolute atomic E-state index is 0.204. The third-order valence-electron chi connectivity index (χ3n) is 4.33. The minimum Gasteiger partial charge on any atom is -0.319 e. The molecule has 0 aliphatic carbocycles. The number of nitriles is 1. The fourth-order valence-electron chi connectivity index (χ4n) is 3.12. The van der Waals surface area contributed by atoms with Crippen molar-refractivity contribution < 1.29 is 4.79 Å². The zero-order valence-corrected chi connectivity index (χ0v) is 13.2. The van der Waals surface area contributed by atoms with E-state index in [-0.39, 0.29) is 11.8 Å². The lowest BCUT2D eigenvalue weighted by molar-refractivity contribution is -0.132. The van der Waals surface area contributed by atoms with Crippen molar-refractivity contribution in [2.24, 2.45) is 5.73 Å². The van der Waals surface area contributed by atoms with Crippen LogP contribution in [0.4, 0.5) is 0 Å². The summed E-state index contributed by atoms with van der Waals surface area (Å²) in [4.78, 5) is 14.4. The van der Waals surface area contributed by atoms with E-state index in [1.165, 1.54) is 4.90 Å². The van der Waals surface area contributed by atoms with Crippen LogP contribution in [0.15, 0.2) is 72.8 Å². The van der Waals surface area contributed by atoms with E-state index in [2.05, 4.69) is 6.07 Å². The Hall–Kier alpha value is -2.90. The molecule has 2 atom stereocenters. The van der Waals surface area contributed by atoms with E-state index in [9.17, 15) is 10.1 Å². The Labute approximate surface area is 141 Å². The molecule has 2 aromatic carbocycles. The first kappa shape index (κ1) is 16.0. The maximum atomic E-state index is 12.9. The quantitative estimate of drug-likeness (QED) is 0.881. The van der Waals surface area contributed by atoms with Crippen LogP contribution in [0.25, 0.3) is 0 Å². The van der Waals surface area contributed by atoms with Gasteiger partial charge < -0.3 is 10.6 Å². The summed E-state index contributed by atoms with van der Waals surface area (Å²) in [6.07, 6.45) is 3.57. The zero-order valence-electron chi connectivity index (χ0n) is 13.2. The predicted octanol–water partition coefficient (Wildman–Crippen LogP) is 2.44. The van der Waals surface area contributed by atoms with E-state index >= 15 is 0 Å². The van der Waals surface area contributed by atoms with Crippen molar-refractivity contribution in [3.05, 3.63) is 83.9 Å². The lowest BCUT2D eigenvalue weighted by Gasteiger charge is -2.29. The van der Waals surface area contributed by atoms with E-state index < -0.39 is 12.1 Å². The van der Waals surface area contributed by atoms with Gasteiger partial charge in [0.2, 0.25) is 5.91 Å². The van der Waals surface area contributed by atoms with Crippen LogP contribution in [0.3, 0.4) is 0 Å². The first-order valence-corrected chi connectivity index (χ1v) is 7.94. The first-order valence-electron chi connectivity index (χ1n) is 7.94. The summed E-state index contributed by atoms with van der Waals surface area (Å²) in [5.74, 6) is -0.455. The van der Waals surface area contributed by atoms with Gasteiger partial charge in [-0.3, -0.25) is 4.79 Å². The van der Waals surface area contributed by atoms with E-state index in [1.807, 2.05) is 66.7 Å². The Kier molecular flexibility index (Phi) is 4.74. The van der Waals surface area contributed by atoms with Crippen molar-refractivity contribution in [1.82, 2.24) is 4.90 Å². The highest BCUT2D eigenvalue weighted by Gasteiger charge is 2.34. The highest BCUT2D eigenvalue weighted by molar-refractivity contribution is 5.85. The van der Waals surface area contributed by atoms with Crippen LogP contribution in [0.5, 0.6) is 0 Å². The number of benzene rings is 2. The maximum Gasteiger partial charge on any atom is 0.242 e. The molecule has 1 aliphatic rings. The van der Waals surface area contributed by atoms with Crippen molar-refractivity contribution in [3.8, 4) is 6.07 Å². The molecule has 0 spiro atoms. The molecule has 0 bridgehead atoms. The number of hydrogen-bond donors (Lipinski definition) is 1. The lowest BCUT2D eigenvalue weighted by atomic mass is 9.84. The maximum absolute atomic E-state index is 12.9. The Balaban J connectivity index is 1.94. The van der Waals surface area contributed by atoms with Gasteiger partial charge in [-0.15, -0.1) is 0 Å².